The summed E-state index contributed by atoms with van der Waals surface area (Å²) < 4.78 is 5.94. The number of carbonyl (C=O) groups excluding carboxylic acids is 1. The molecule has 5 unspecified atom stereocenters. The lowest BCUT2D eigenvalue weighted by Gasteiger charge is -2.37. The van der Waals surface area contributed by atoms with Crippen LogP contribution in [0.5, 0.6) is 0 Å². The smallest absolute Gasteiger partial charge is 0.313 e. The largest absolute Gasteiger partial charge is 0.459 e. The zero-order chi connectivity index (χ0) is 12.5. The molecule has 0 radical (unpaired) electrons. The predicted molar refractivity (Wildman–Crippen MR) is 68.9 cm³/mol. The molecule has 0 aromatic carbocycles. The van der Waals surface area contributed by atoms with Crippen molar-refractivity contribution in [2.75, 3.05) is 0 Å². The Labute approximate surface area is 109 Å². The molecule has 18 heavy (non-hydrogen) atoms. The summed E-state index contributed by atoms with van der Waals surface area (Å²) in [5.41, 5.74) is -0.106. The van der Waals surface area contributed by atoms with E-state index in [4.69, 9.17) is 4.74 Å². The number of fused-ring (bicyclic) bond motifs is 3. The van der Waals surface area contributed by atoms with Gasteiger partial charge in [0.2, 0.25) is 0 Å². The minimum atomic E-state index is -0.0685. The van der Waals surface area contributed by atoms with E-state index in [1.165, 1.54) is 19.3 Å². The average Bonchev–Trinajstić information content (AvgIpc) is 3.03. The molecule has 1 saturated heterocycles. The first-order chi connectivity index (χ1) is 8.56. The van der Waals surface area contributed by atoms with Crippen LogP contribution < -0.4 is 0 Å². The third kappa shape index (κ3) is 1.18. The highest BCUT2D eigenvalue weighted by atomic mass is 16.6. The van der Waals surface area contributed by atoms with Gasteiger partial charge in [-0.1, -0.05) is 13.8 Å². The summed E-state index contributed by atoms with van der Waals surface area (Å²) >= 11 is 0. The highest BCUT2D eigenvalue weighted by Crippen LogP contribution is 2.67. The van der Waals surface area contributed by atoms with E-state index in [9.17, 15) is 4.79 Å². The van der Waals surface area contributed by atoms with Gasteiger partial charge in [0.1, 0.15) is 5.60 Å². The van der Waals surface area contributed by atoms with Crippen LogP contribution in [-0.4, -0.2) is 11.6 Å². The van der Waals surface area contributed by atoms with Gasteiger partial charge in [0, 0.05) is 6.42 Å². The van der Waals surface area contributed by atoms with Gasteiger partial charge in [-0.25, -0.2) is 0 Å². The Morgan fingerprint density at radius 1 is 1.17 bits per heavy atom. The van der Waals surface area contributed by atoms with Crippen molar-refractivity contribution in [3.05, 3.63) is 0 Å². The van der Waals surface area contributed by atoms with Gasteiger partial charge in [0.05, 0.1) is 5.41 Å². The molecule has 0 aromatic heterocycles. The van der Waals surface area contributed by atoms with E-state index in [1.54, 1.807) is 0 Å². The highest BCUT2D eigenvalue weighted by Gasteiger charge is 2.68. The van der Waals surface area contributed by atoms with Crippen molar-refractivity contribution in [1.82, 2.24) is 0 Å². The Kier molecular flexibility index (Phi) is 2.08. The molecule has 4 fully saturated rings. The predicted octanol–water partition coefficient (Wildman–Crippen LogP) is 3.54. The van der Waals surface area contributed by atoms with Crippen molar-refractivity contribution in [2.45, 2.75) is 64.4 Å². The van der Waals surface area contributed by atoms with Crippen LogP contribution >= 0.6 is 0 Å². The molecule has 100 valence electrons. The number of carbonyl (C=O) groups is 1. The molecule has 2 nitrogen and oxygen atoms in total. The van der Waals surface area contributed by atoms with Crippen molar-refractivity contribution in [3.63, 3.8) is 0 Å². The Balaban J connectivity index is 1.68. The van der Waals surface area contributed by atoms with Crippen LogP contribution in [0.4, 0.5) is 0 Å². The normalized spacial score (nSPS) is 52.7. The van der Waals surface area contributed by atoms with Crippen LogP contribution in [0.2, 0.25) is 0 Å². The Morgan fingerprint density at radius 2 is 1.89 bits per heavy atom. The standard InChI is InChI=1S/C16H24O2/c1-10-11(2)13-7-12(10)8-16(13)9-15(18-14(16)17)5-3-4-6-15/h10-13H,3-9H2,1-2H3. The minimum absolute atomic E-state index is 0.0372. The quantitative estimate of drug-likeness (QED) is 0.613. The first-order valence-corrected chi connectivity index (χ1v) is 7.80. The van der Waals surface area contributed by atoms with Crippen LogP contribution in [-0.2, 0) is 9.53 Å². The number of rotatable bonds is 0. The molecule has 0 N–H and O–H groups in total. The fraction of sp³-hybridized carbons (Fsp3) is 0.938. The van der Waals surface area contributed by atoms with E-state index >= 15 is 0 Å². The number of hydrogen-bond donors (Lipinski definition) is 0. The number of esters is 1. The third-order valence-electron chi connectivity index (χ3n) is 6.97. The maximum absolute atomic E-state index is 12.6. The van der Waals surface area contributed by atoms with Crippen LogP contribution in [0.3, 0.4) is 0 Å². The lowest BCUT2D eigenvalue weighted by Crippen LogP contribution is -2.39. The topological polar surface area (TPSA) is 26.3 Å². The molecular formula is C16H24O2. The van der Waals surface area contributed by atoms with E-state index in [0.29, 0.717) is 11.8 Å². The molecule has 0 amide bonds. The second kappa shape index (κ2) is 3.32. The third-order valence-corrected chi connectivity index (χ3v) is 6.97. The summed E-state index contributed by atoms with van der Waals surface area (Å²) in [6, 6.07) is 0. The molecule has 2 heteroatoms. The van der Waals surface area contributed by atoms with Gasteiger partial charge < -0.3 is 4.74 Å². The molecule has 5 atom stereocenters. The first kappa shape index (κ1) is 11.3. The highest BCUT2D eigenvalue weighted by molar-refractivity contribution is 5.81. The zero-order valence-electron chi connectivity index (χ0n) is 11.6. The molecule has 1 heterocycles. The molecule has 3 saturated carbocycles. The van der Waals surface area contributed by atoms with Crippen LogP contribution in [0, 0.1) is 29.1 Å². The Hall–Kier alpha value is -0.530. The molecule has 1 aliphatic heterocycles. The van der Waals surface area contributed by atoms with Gasteiger partial charge >= 0.3 is 5.97 Å². The van der Waals surface area contributed by atoms with E-state index < -0.39 is 0 Å². The van der Waals surface area contributed by atoms with E-state index in [1.807, 2.05) is 0 Å². The van der Waals surface area contributed by atoms with Crippen molar-refractivity contribution >= 4 is 5.97 Å². The van der Waals surface area contributed by atoms with Crippen LogP contribution in [0.15, 0.2) is 0 Å². The summed E-state index contributed by atoms with van der Waals surface area (Å²) in [4.78, 5) is 12.6. The molecule has 4 rings (SSSR count). The lowest BCUT2D eigenvalue weighted by atomic mass is 9.63. The first-order valence-electron chi connectivity index (χ1n) is 7.80. The maximum atomic E-state index is 12.6. The maximum Gasteiger partial charge on any atom is 0.313 e. The van der Waals surface area contributed by atoms with Crippen molar-refractivity contribution in [2.24, 2.45) is 29.1 Å². The molecule has 2 bridgehead atoms. The Morgan fingerprint density at radius 3 is 2.50 bits per heavy atom. The summed E-state index contributed by atoms with van der Waals surface area (Å²) in [7, 11) is 0. The summed E-state index contributed by atoms with van der Waals surface area (Å²) in [6.45, 7) is 4.75. The summed E-state index contributed by atoms with van der Waals surface area (Å²) in [6.07, 6.45) is 8.23. The number of hydrogen-bond acceptors (Lipinski definition) is 2. The lowest BCUT2D eigenvalue weighted by molar-refractivity contribution is -0.156. The second-order valence-electron chi connectivity index (χ2n) is 7.64. The zero-order valence-corrected chi connectivity index (χ0v) is 11.6. The fourth-order valence-electron chi connectivity index (χ4n) is 5.89. The summed E-state index contributed by atoms with van der Waals surface area (Å²) in [5.74, 6) is 3.11. The molecule has 0 aromatic rings. The van der Waals surface area contributed by atoms with E-state index in [2.05, 4.69) is 13.8 Å². The molecule has 2 spiro atoms. The number of ether oxygens (including phenoxy) is 1. The van der Waals surface area contributed by atoms with Gasteiger partial charge in [-0.2, -0.15) is 0 Å². The second-order valence-corrected chi connectivity index (χ2v) is 7.64. The molecule has 3 aliphatic carbocycles. The summed E-state index contributed by atoms with van der Waals surface area (Å²) in [5, 5.41) is 0. The van der Waals surface area contributed by atoms with Crippen molar-refractivity contribution in [1.29, 1.82) is 0 Å². The van der Waals surface area contributed by atoms with Crippen molar-refractivity contribution in [3.8, 4) is 0 Å². The van der Waals surface area contributed by atoms with E-state index in [0.717, 1.165) is 37.5 Å². The SMILES string of the molecule is CC1C2CC(C1C)C1(C2)CC2(CCCC2)OC1=O. The van der Waals surface area contributed by atoms with Crippen LogP contribution in [0.1, 0.15) is 58.8 Å². The molecule has 4 aliphatic rings. The monoisotopic (exact) mass is 248 g/mol. The van der Waals surface area contributed by atoms with Gasteiger partial charge in [-0.15, -0.1) is 0 Å². The average molecular weight is 248 g/mol. The fourth-order valence-corrected chi connectivity index (χ4v) is 5.89. The Bertz CT molecular complexity index is 394. The van der Waals surface area contributed by atoms with Crippen molar-refractivity contribution < 1.29 is 9.53 Å². The van der Waals surface area contributed by atoms with Gasteiger partial charge in [-0.3, -0.25) is 4.79 Å². The minimum Gasteiger partial charge on any atom is -0.459 e. The molecular weight excluding hydrogens is 224 g/mol. The van der Waals surface area contributed by atoms with Gasteiger partial charge in [0.25, 0.3) is 0 Å². The van der Waals surface area contributed by atoms with Crippen LogP contribution in [0.25, 0.3) is 0 Å². The van der Waals surface area contributed by atoms with E-state index in [-0.39, 0.29) is 17.0 Å². The van der Waals surface area contributed by atoms with Gasteiger partial charge in [-0.05, 0) is 62.2 Å². The van der Waals surface area contributed by atoms with Gasteiger partial charge in [0.15, 0.2) is 0 Å².